The van der Waals surface area contributed by atoms with Gasteiger partial charge in [0, 0.05) is 74.9 Å². The van der Waals surface area contributed by atoms with Crippen LogP contribution >= 0.6 is 11.6 Å². The summed E-state index contributed by atoms with van der Waals surface area (Å²) in [5.41, 5.74) is 5.64. The highest BCUT2D eigenvalue weighted by atomic mass is 35.5. The molecule has 3 heterocycles. The molecule has 2 aliphatic heterocycles. The molecule has 54 heavy (non-hydrogen) atoms. The molecule has 0 saturated carbocycles. The molecule has 6 rings (SSSR count). The van der Waals surface area contributed by atoms with Gasteiger partial charge in [-0.15, -0.1) is 0 Å². The molecule has 11 nitrogen and oxygen atoms in total. The van der Waals surface area contributed by atoms with E-state index in [9.17, 15) is 20.6 Å². The van der Waals surface area contributed by atoms with Crippen molar-refractivity contribution >= 4 is 11.6 Å². The second-order valence-corrected chi connectivity index (χ2v) is 14.4. The molecule has 0 spiro atoms. The van der Waals surface area contributed by atoms with Crippen molar-refractivity contribution in [3.63, 3.8) is 0 Å². The van der Waals surface area contributed by atoms with Crippen LogP contribution in [0.1, 0.15) is 53.5 Å². The smallest absolute Gasteiger partial charge is 0.142 e. The van der Waals surface area contributed by atoms with Crippen LogP contribution in [0.4, 0.5) is 0 Å². The van der Waals surface area contributed by atoms with Crippen molar-refractivity contribution in [3.05, 3.63) is 99.8 Å². The number of rotatable bonds is 18. The van der Waals surface area contributed by atoms with Crippen LogP contribution in [-0.2, 0) is 19.8 Å². The number of β-amino-alcohol motifs (C(OH)–C–C–N with tert-alkyl or cyclic N) is 2. The largest absolute Gasteiger partial charge is 0.493 e. The molecular formula is C42H49ClN4O7. The quantitative estimate of drug-likeness (QED) is 0.105. The van der Waals surface area contributed by atoms with Gasteiger partial charge < -0.3 is 44.1 Å². The molecule has 3 aromatic carbocycles. The first kappa shape index (κ1) is 39.3. The lowest BCUT2D eigenvalue weighted by atomic mass is 9.96. The van der Waals surface area contributed by atoms with Crippen LogP contribution in [-0.4, -0.2) is 94.8 Å². The third kappa shape index (κ3) is 10.8. The van der Waals surface area contributed by atoms with Crippen molar-refractivity contribution in [2.45, 2.75) is 64.6 Å². The zero-order chi connectivity index (χ0) is 37.9. The predicted molar refractivity (Wildman–Crippen MR) is 206 cm³/mol. The molecule has 1 aromatic heterocycles. The lowest BCUT2D eigenvalue weighted by molar-refractivity contribution is 0.173. The highest BCUT2D eigenvalue weighted by Crippen LogP contribution is 2.36. The Morgan fingerprint density at radius 1 is 0.815 bits per heavy atom. The second kappa shape index (κ2) is 19.3. The van der Waals surface area contributed by atoms with E-state index in [0.717, 1.165) is 104 Å². The fourth-order valence-electron chi connectivity index (χ4n) is 6.92. The van der Waals surface area contributed by atoms with E-state index in [2.05, 4.69) is 33.8 Å². The first-order valence-electron chi connectivity index (χ1n) is 18.6. The monoisotopic (exact) mass is 756 g/mol. The number of halogens is 1. The van der Waals surface area contributed by atoms with Gasteiger partial charge >= 0.3 is 0 Å². The molecule has 0 aliphatic carbocycles. The summed E-state index contributed by atoms with van der Waals surface area (Å²) in [5, 5.41) is 39.3. The first-order chi connectivity index (χ1) is 26.3. The van der Waals surface area contributed by atoms with Gasteiger partial charge in [-0.3, -0.25) is 4.98 Å². The summed E-state index contributed by atoms with van der Waals surface area (Å²) in [6, 6.07) is 19.2. The van der Waals surface area contributed by atoms with E-state index in [1.54, 1.807) is 24.4 Å². The minimum atomic E-state index is -0.271. The van der Waals surface area contributed by atoms with Gasteiger partial charge in [-0.1, -0.05) is 29.8 Å². The van der Waals surface area contributed by atoms with Gasteiger partial charge in [-0.05, 0) is 79.1 Å². The van der Waals surface area contributed by atoms with Crippen LogP contribution in [0.3, 0.4) is 0 Å². The minimum absolute atomic E-state index is 0.150. The van der Waals surface area contributed by atoms with Gasteiger partial charge in [0.05, 0.1) is 42.6 Å². The van der Waals surface area contributed by atoms with Crippen molar-refractivity contribution in [1.82, 2.24) is 14.8 Å². The lowest BCUT2D eigenvalue weighted by Gasteiger charge is -2.18. The van der Waals surface area contributed by atoms with E-state index >= 15 is 0 Å². The molecule has 12 heteroatoms. The van der Waals surface area contributed by atoms with Crippen LogP contribution in [0, 0.1) is 18.3 Å². The van der Waals surface area contributed by atoms with E-state index in [1.165, 1.54) is 6.20 Å². The summed E-state index contributed by atoms with van der Waals surface area (Å²) in [6.45, 7) is 8.28. The number of aromatic nitrogens is 1. The third-order valence-corrected chi connectivity index (χ3v) is 10.2. The molecule has 0 amide bonds. The SMILES string of the molecule is Cc1c(COc2cc(OCc3cncc(C#N)c3)c(CO)cc2Cl)cccc1-c1cc(OCCCN2CC[C@@H](O)C2)cc(OCCCN2CC[C@@H](O)C2)c1. The number of ether oxygens (including phenoxy) is 4. The van der Waals surface area contributed by atoms with E-state index in [1.807, 2.05) is 30.3 Å². The van der Waals surface area contributed by atoms with Crippen molar-refractivity contribution in [1.29, 1.82) is 5.26 Å². The molecule has 4 aromatic rings. The Labute approximate surface area is 322 Å². The number of hydrogen-bond acceptors (Lipinski definition) is 11. The number of nitriles is 1. The van der Waals surface area contributed by atoms with Crippen LogP contribution in [0.25, 0.3) is 11.1 Å². The van der Waals surface area contributed by atoms with Gasteiger partial charge in [0.1, 0.15) is 42.3 Å². The topological polar surface area (TPSA) is 141 Å². The van der Waals surface area contributed by atoms with Crippen molar-refractivity contribution in [3.8, 4) is 40.2 Å². The first-order valence-corrected chi connectivity index (χ1v) is 19.0. The summed E-state index contributed by atoms with van der Waals surface area (Å²) in [7, 11) is 0. The number of likely N-dealkylation sites (tertiary alicyclic amines) is 2. The minimum Gasteiger partial charge on any atom is -0.493 e. The molecule has 2 saturated heterocycles. The van der Waals surface area contributed by atoms with Gasteiger partial charge in [0.15, 0.2) is 0 Å². The van der Waals surface area contributed by atoms with Gasteiger partial charge in [0.2, 0.25) is 0 Å². The zero-order valence-electron chi connectivity index (χ0n) is 30.8. The molecule has 0 unspecified atom stereocenters. The maximum absolute atomic E-state index is 9.99. The Kier molecular flexibility index (Phi) is 14.0. The second-order valence-electron chi connectivity index (χ2n) is 14.0. The number of pyridine rings is 1. The maximum atomic E-state index is 9.99. The zero-order valence-corrected chi connectivity index (χ0v) is 31.5. The average Bonchev–Trinajstić information content (AvgIpc) is 3.80. The van der Waals surface area contributed by atoms with Crippen molar-refractivity contribution < 1.29 is 34.3 Å². The summed E-state index contributed by atoms with van der Waals surface area (Å²) in [6.07, 6.45) is 5.99. The Hall–Kier alpha value is -4.41. The fourth-order valence-corrected chi connectivity index (χ4v) is 7.16. The molecule has 2 aliphatic rings. The Bertz CT molecular complexity index is 1860. The molecule has 2 fully saturated rings. The van der Waals surface area contributed by atoms with Gasteiger partial charge in [0.25, 0.3) is 0 Å². The van der Waals surface area contributed by atoms with Crippen LogP contribution < -0.4 is 18.9 Å². The number of benzene rings is 3. The Morgan fingerprint density at radius 3 is 2.09 bits per heavy atom. The van der Waals surface area contributed by atoms with E-state index < -0.39 is 0 Å². The highest BCUT2D eigenvalue weighted by Gasteiger charge is 2.21. The predicted octanol–water partition coefficient (Wildman–Crippen LogP) is 5.90. The number of hydrogen-bond donors (Lipinski definition) is 3. The summed E-state index contributed by atoms with van der Waals surface area (Å²) >= 11 is 6.60. The van der Waals surface area contributed by atoms with E-state index in [4.69, 9.17) is 30.5 Å². The number of aliphatic hydroxyl groups is 3. The van der Waals surface area contributed by atoms with Crippen LogP contribution in [0.2, 0.25) is 5.02 Å². The maximum Gasteiger partial charge on any atom is 0.142 e. The van der Waals surface area contributed by atoms with E-state index in [-0.39, 0.29) is 32.0 Å². The van der Waals surface area contributed by atoms with Gasteiger partial charge in [-0.2, -0.15) is 5.26 Å². The van der Waals surface area contributed by atoms with Crippen LogP contribution in [0.15, 0.2) is 67.0 Å². The van der Waals surface area contributed by atoms with Crippen LogP contribution in [0.5, 0.6) is 23.0 Å². The molecule has 286 valence electrons. The number of aliphatic hydroxyl groups excluding tert-OH is 3. The van der Waals surface area contributed by atoms with Crippen molar-refractivity contribution in [2.24, 2.45) is 0 Å². The average molecular weight is 757 g/mol. The molecule has 0 bridgehead atoms. The molecular weight excluding hydrogens is 708 g/mol. The standard InChI is InChI=1S/C42H49ClN4O7/c1-29-32(28-54-42-20-41(34(26-48)18-40(42)43)53-27-31-15-30(21-44)22-45-23-31)5-2-6-39(29)33-16-37(51-13-3-9-46-11-7-35(49)24-46)19-38(17-33)52-14-4-10-47-12-8-36(50)25-47/h2,5-6,15-20,22-23,35-36,48-50H,3-4,7-14,24-28H2,1H3/t35-,36-/m1/s1. The third-order valence-electron chi connectivity index (χ3n) is 9.89. The number of nitrogens with zero attached hydrogens (tertiary/aromatic N) is 4. The molecule has 2 atom stereocenters. The lowest BCUT2D eigenvalue weighted by Crippen LogP contribution is -2.24. The van der Waals surface area contributed by atoms with E-state index in [0.29, 0.717) is 40.9 Å². The summed E-state index contributed by atoms with van der Waals surface area (Å²) < 4.78 is 24.8. The molecule has 0 radical (unpaired) electrons. The summed E-state index contributed by atoms with van der Waals surface area (Å²) in [4.78, 5) is 8.63. The highest BCUT2D eigenvalue weighted by molar-refractivity contribution is 6.32. The molecule has 3 N–H and O–H groups in total. The Morgan fingerprint density at radius 2 is 1.48 bits per heavy atom. The normalized spacial score (nSPS) is 17.4. The summed E-state index contributed by atoms with van der Waals surface area (Å²) in [5.74, 6) is 2.29. The Balaban J connectivity index is 1.15. The van der Waals surface area contributed by atoms with Crippen molar-refractivity contribution in [2.75, 3.05) is 52.5 Å². The van der Waals surface area contributed by atoms with Gasteiger partial charge in [-0.25, -0.2) is 0 Å². The fraction of sp³-hybridized carbons (Fsp3) is 0.429.